The van der Waals surface area contributed by atoms with Crippen molar-refractivity contribution in [1.82, 2.24) is 15.4 Å². The second-order valence-corrected chi connectivity index (χ2v) is 2.51. The van der Waals surface area contributed by atoms with Crippen molar-refractivity contribution in [3.63, 3.8) is 0 Å². The lowest BCUT2D eigenvalue weighted by atomic mass is 10.3. The summed E-state index contributed by atoms with van der Waals surface area (Å²) in [5, 5.41) is 15.1. The van der Waals surface area contributed by atoms with E-state index in [1.54, 1.807) is 6.20 Å². The molecule has 0 aliphatic rings. The van der Waals surface area contributed by atoms with Crippen molar-refractivity contribution in [2.45, 2.75) is 0 Å². The van der Waals surface area contributed by atoms with Gasteiger partial charge in [0.2, 0.25) is 0 Å². The third-order valence-corrected chi connectivity index (χ3v) is 1.77. The molecule has 3 nitrogen and oxygen atoms in total. The van der Waals surface area contributed by atoms with Gasteiger partial charge in [0.25, 0.3) is 0 Å². The van der Waals surface area contributed by atoms with E-state index >= 15 is 0 Å². The molecule has 2 aromatic heterocycles. The average Bonchev–Trinajstić information content (AvgIpc) is 2.59. The normalized spacial score (nSPS) is 10.0. The highest BCUT2D eigenvalue weighted by Crippen LogP contribution is 2.16. The van der Waals surface area contributed by atoms with E-state index < -0.39 is 0 Å². The summed E-state index contributed by atoms with van der Waals surface area (Å²) < 4.78 is 0. The highest BCUT2D eigenvalue weighted by molar-refractivity contribution is 7.07. The Labute approximate surface area is 61.7 Å². The van der Waals surface area contributed by atoms with Gasteiger partial charge in [-0.1, -0.05) is 5.21 Å². The van der Waals surface area contributed by atoms with E-state index in [-0.39, 0.29) is 0 Å². The lowest BCUT2D eigenvalue weighted by Gasteiger charge is -1.81. The fourth-order valence-electron chi connectivity index (χ4n) is 0.704. The summed E-state index contributed by atoms with van der Waals surface area (Å²) in [4.78, 5) is 0. The van der Waals surface area contributed by atoms with Crippen molar-refractivity contribution in [3.05, 3.63) is 23.0 Å². The Morgan fingerprint density at radius 1 is 1.60 bits per heavy atom. The number of rotatable bonds is 1. The van der Waals surface area contributed by atoms with Gasteiger partial charge < -0.3 is 0 Å². The molecule has 0 saturated carbocycles. The van der Waals surface area contributed by atoms with Crippen molar-refractivity contribution in [2.75, 3.05) is 0 Å². The molecule has 49 valence electrons. The Hall–Kier alpha value is -1.16. The van der Waals surface area contributed by atoms with Gasteiger partial charge >= 0.3 is 0 Å². The molecule has 0 spiro atoms. The first kappa shape index (κ1) is 5.61. The van der Waals surface area contributed by atoms with Crippen LogP contribution in [0.2, 0.25) is 0 Å². The SMILES string of the molecule is [c]1sccc1-c1c[nH]nn1. The number of nitrogens with zero attached hydrogens (tertiary/aromatic N) is 2. The van der Waals surface area contributed by atoms with E-state index in [1.165, 1.54) is 11.3 Å². The first-order chi connectivity index (χ1) is 4.97. The van der Waals surface area contributed by atoms with Gasteiger partial charge in [-0.15, -0.1) is 16.4 Å². The molecule has 1 radical (unpaired) electrons. The van der Waals surface area contributed by atoms with Gasteiger partial charge in [-0.2, -0.15) is 0 Å². The zero-order valence-corrected chi connectivity index (χ0v) is 5.85. The van der Waals surface area contributed by atoms with Crippen LogP contribution in [-0.2, 0) is 0 Å². The van der Waals surface area contributed by atoms with Crippen LogP contribution in [0.5, 0.6) is 0 Å². The van der Waals surface area contributed by atoms with E-state index in [9.17, 15) is 0 Å². The molecule has 0 saturated heterocycles. The summed E-state index contributed by atoms with van der Waals surface area (Å²) in [7, 11) is 0. The lowest BCUT2D eigenvalue weighted by molar-refractivity contribution is 0.942. The third kappa shape index (κ3) is 0.823. The van der Waals surface area contributed by atoms with E-state index in [0.29, 0.717) is 0 Å². The molecule has 0 bridgehead atoms. The van der Waals surface area contributed by atoms with Crippen molar-refractivity contribution in [2.24, 2.45) is 0 Å². The predicted octanol–water partition coefficient (Wildman–Crippen LogP) is 1.33. The fraction of sp³-hybridized carbons (Fsp3) is 0. The average molecular weight is 150 g/mol. The molecular weight excluding hydrogens is 146 g/mol. The summed E-state index contributed by atoms with van der Waals surface area (Å²) in [6.07, 6.45) is 1.75. The van der Waals surface area contributed by atoms with Crippen LogP contribution < -0.4 is 0 Å². The molecule has 2 rings (SSSR count). The summed E-state index contributed by atoms with van der Waals surface area (Å²) in [6, 6.07) is 1.96. The number of hydrogen-bond acceptors (Lipinski definition) is 3. The first-order valence-electron chi connectivity index (χ1n) is 2.79. The number of nitrogens with one attached hydrogen (secondary N) is 1. The van der Waals surface area contributed by atoms with E-state index in [2.05, 4.69) is 20.8 Å². The number of thiophene rings is 1. The second-order valence-electron chi connectivity index (χ2n) is 1.80. The number of H-pyrrole nitrogens is 1. The molecule has 0 amide bonds. The van der Waals surface area contributed by atoms with Crippen molar-refractivity contribution in [1.29, 1.82) is 0 Å². The Morgan fingerprint density at radius 3 is 3.20 bits per heavy atom. The van der Waals surface area contributed by atoms with Crippen LogP contribution in [0.15, 0.2) is 17.6 Å². The maximum absolute atomic E-state index is 3.83. The highest BCUT2D eigenvalue weighted by Gasteiger charge is 1.98. The summed E-state index contributed by atoms with van der Waals surface area (Å²) in [5.74, 6) is 0. The van der Waals surface area contributed by atoms with Crippen LogP contribution in [0.25, 0.3) is 11.3 Å². The minimum atomic E-state index is 0.848. The van der Waals surface area contributed by atoms with Gasteiger partial charge in [-0.05, 0) is 11.4 Å². The zero-order valence-electron chi connectivity index (χ0n) is 5.03. The summed E-state index contributed by atoms with van der Waals surface area (Å²) in [5.41, 5.74) is 1.85. The maximum atomic E-state index is 3.83. The van der Waals surface area contributed by atoms with Crippen molar-refractivity contribution in [3.8, 4) is 11.3 Å². The van der Waals surface area contributed by atoms with Crippen molar-refractivity contribution < 1.29 is 0 Å². The molecule has 2 aromatic rings. The predicted molar refractivity (Wildman–Crippen MR) is 38.5 cm³/mol. The smallest absolute Gasteiger partial charge is 0.114 e. The Bertz CT molecular complexity index is 252. The molecule has 4 heteroatoms. The molecule has 0 fully saturated rings. The molecule has 2 heterocycles. The first-order valence-corrected chi connectivity index (χ1v) is 3.67. The molecule has 0 atom stereocenters. The highest BCUT2D eigenvalue weighted by atomic mass is 32.1. The molecule has 0 unspecified atom stereocenters. The molecule has 0 aliphatic heterocycles. The van der Waals surface area contributed by atoms with Gasteiger partial charge in [0, 0.05) is 5.56 Å². The quantitative estimate of drug-likeness (QED) is 0.666. The minimum Gasteiger partial charge on any atom is -0.265 e. The van der Waals surface area contributed by atoms with E-state index in [4.69, 9.17) is 0 Å². The second kappa shape index (κ2) is 2.22. The van der Waals surface area contributed by atoms with Crippen LogP contribution in [0.3, 0.4) is 0 Å². The third-order valence-electron chi connectivity index (χ3n) is 1.16. The van der Waals surface area contributed by atoms with Gasteiger partial charge in [0.15, 0.2) is 0 Å². The lowest BCUT2D eigenvalue weighted by Crippen LogP contribution is -1.71. The van der Waals surface area contributed by atoms with Crippen LogP contribution in [-0.4, -0.2) is 15.4 Å². The summed E-state index contributed by atoms with van der Waals surface area (Å²) in [6.45, 7) is 0. The van der Waals surface area contributed by atoms with Gasteiger partial charge in [-0.3, -0.25) is 5.10 Å². The van der Waals surface area contributed by atoms with Crippen molar-refractivity contribution >= 4 is 11.3 Å². The monoisotopic (exact) mass is 150 g/mol. The van der Waals surface area contributed by atoms with Crippen LogP contribution >= 0.6 is 11.3 Å². The zero-order chi connectivity index (χ0) is 6.81. The topological polar surface area (TPSA) is 41.6 Å². The number of hydrogen-bond donors (Lipinski definition) is 1. The summed E-state index contributed by atoms with van der Waals surface area (Å²) >= 11 is 1.53. The number of aromatic nitrogens is 3. The van der Waals surface area contributed by atoms with Crippen LogP contribution in [0.1, 0.15) is 0 Å². The molecule has 0 aromatic carbocycles. The maximum Gasteiger partial charge on any atom is 0.114 e. The number of aromatic amines is 1. The molecule has 0 aliphatic carbocycles. The van der Waals surface area contributed by atoms with E-state index in [0.717, 1.165) is 11.3 Å². The Balaban J connectivity index is 2.48. The largest absolute Gasteiger partial charge is 0.265 e. The van der Waals surface area contributed by atoms with Gasteiger partial charge in [-0.25, -0.2) is 0 Å². The standard InChI is InChI=1S/C6H4N3S/c1-2-10-4-5(1)6-3-7-9-8-6/h1-3H,(H,7,8,9). The van der Waals surface area contributed by atoms with Crippen LogP contribution in [0.4, 0.5) is 0 Å². The molecule has 10 heavy (non-hydrogen) atoms. The minimum absolute atomic E-state index is 0.848. The molecule has 1 N–H and O–H groups in total. The van der Waals surface area contributed by atoms with E-state index in [1.807, 2.05) is 11.4 Å². The molecular formula is C6H4N3S. The Kier molecular flexibility index (Phi) is 1.25. The van der Waals surface area contributed by atoms with Gasteiger partial charge in [0.1, 0.15) is 5.69 Å². The van der Waals surface area contributed by atoms with Gasteiger partial charge in [0.05, 0.1) is 11.6 Å². The fourth-order valence-corrected chi connectivity index (χ4v) is 1.28. The Morgan fingerprint density at radius 2 is 2.60 bits per heavy atom. The van der Waals surface area contributed by atoms with Crippen LogP contribution in [0, 0.1) is 5.38 Å².